The summed E-state index contributed by atoms with van der Waals surface area (Å²) in [6.45, 7) is -0.185. The third-order valence-electron chi connectivity index (χ3n) is 5.15. The Morgan fingerprint density at radius 3 is 2.70 bits per heavy atom. The van der Waals surface area contributed by atoms with Gasteiger partial charge in [-0.05, 0) is 37.3 Å². The molecular formula is C20H25N3O5S2. The normalized spacial score (nSPS) is 15.3. The van der Waals surface area contributed by atoms with Gasteiger partial charge in [-0.2, -0.15) is 4.31 Å². The van der Waals surface area contributed by atoms with Gasteiger partial charge < -0.3 is 9.72 Å². The van der Waals surface area contributed by atoms with E-state index >= 15 is 0 Å². The number of hydrogen-bond acceptors (Lipinski definition) is 7. The Balaban J connectivity index is 1.73. The van der Waals surface area contributed by atoms with E-state index in [1.807, 2.05) is 0 Å². The average molecular weight is 452 g/mol. The van der Waals surface area contributed by atoms with Crippen molar-refractivity contribution in [2.75, 3.05) is 13.3 Å². The van der Waals surface area contributed by atoms with Crippen molar-refractivity contribution in [1.29, 1.82) is 0 Å². The molecule has 0 aliphatic heterocycles. The van der Waals surface area contributed by atoms with Gasteiger partial charge in [0.1, 0.15) is 6.61 Å². The van der Waals surface area contributed by atoms with Crippen LogP contribution in [0.1, 0.15) is 48.2 Å². The number of aromatic nitrogens is 2. The second kappa shape index (κ2) is 9.76. The van der Waals surface area contributed by atoms with Crippen LogP contribution in [0, 0.1) is 0 Å². The Kier molecular flexibility index (Phi) is 7.32. The van der Waals surface area contributed by atoms with Crippen molar-refractivity contribution in [3.05, 3.63) is 51.9 Å². The number of sulfonamides is 1. The molecule has 2 aromatic rings. The second-order valence-corrected chi connectivity index (χ2v) is 9.96. The van der Waals surface area contributed by atoms with E-state index in [1.165, 1.54) is 46.4 Å². The van der Waals surface area contributed by atoms with Crippen LogP contribution in [0.25, 0.3) is 0 Å². The lowest BCUT2D eigenvalue weighted by Crippen LogP contribution is -2.38. The van der Waals surface area contributed by atoms with Crippen LogP contribution < -0.4 is 5.56 Å². The minimum Gasteiger partial charge on any atom is -0.456 e. The van der Waals surface area contributed by atoms with E-state index in [2.05, 4.69) is 9.97 Å². The van der Waals surface area contributed by atoms with E-state index in [4.69, 9.17) is 4.74 Å². The number of ether oxygens (including phenoxy) is 1. The zero-order valence-corrected chi connectivity index (χ0v) is 18.6. The fraction of sp³-hybridized carbons (Fsp3) is 0.450. The predicted octanol–water partition coefficient (Wildman–Crippen LogP) is 2.80. The molecule has 1 aliphatic carbocycles. The smallest absolute Gasteiger partial charge is 0.338 e. The molecule has 0 saturated heterocycles. The summed E-state index contributed by atoms with van der Waals surface area (Å²) in [5, 5.41) is 0.424. The quantitative estimate of drug-likeness (QED) is 0.392. The molecule has 10 heteroatoms. The molecule has 1 fully saturated rings. The molecule has 1 aliphatic rings. The van der Waals surface area contributed by atoms with Crippen LogP contribution in [-0.4, -0.2) is 48.0 Å². The lowest BCUT2D eigenvalue weighted by atomic mass is 9.96. The van der Waals surface area contributed by atoms with Crippen molar-refractivity contribution in [2.24, 2.45) is 0 Å². The van der Waals surface area contributed by atoms with Crippen LogP contribution >= 0.6 is 11.8 Å². The molecule has 0 spiro atoms. The van der Waals surface area contributed by atoms with Gasteiger partial charge in [-0.1, -0.05) is 37.1 Å². The van der Waals surface area contributed by atoms with Gasteiger partial charge in [0.25, 0.3) is 5.56 Å². The van der Waals surface area contributed by atoms with E-state index < -0.39 is 16.0 Å². The highest BCUT2D eigenvalue weighted by atomic mass is 32.2. The molecular weight excluding hydrogens is 426 g/mol. The third kappa shape index (κ3) is 5.30. The van der Waals surface area contributed by atoms with Crippen LogP contribution in [0.5, 0.6) is 0 Å². The van der Waals surface area contributed by atoms with Crippen molar-refractivity contribution in [2.45, 2.75) is 54.8 Å². The zero-order chi connectivity index (χ0) is 21.7. The minimum absolute atomic E-state index is 0.0211. The van der Waals surface area contributed by atoms with Crippen LogP contribution in [0.2, 0.25) is 0 Å². The van der Waals surface area contributed by atoms with Gasteiger partial charge in [0.15, 0.2) is 5.16 Å². The van der Waals surface area contributed by atoms with Gasteiger partial charge in [-0.25, -0.2) is 18.2 Å². The molecule has 3 rings (SSSR count). The number of nitrogens with one attached hydrogen (secondary N) is 1. The summed E-state index contributed by atoms with van der Waals surface area (Å²) >= 11 is 1.27. The van der Waals surface area contributed by atoms with Gasteiger partial charge in [0.05, 0.1) is 16.2 Å². The molecule has 0 bridgehead atoms. The first-order valence-corrected chi connectivity index (χ1v) is 12.4. The maximum atomic E-state index is 13.0. The van der Waals surface area contributed by atoms with Gasteiger partial charge in [0, 0.05) is 19.2 Å². The van der Waals surface area contributed by atoms with Crippen LogP contribution in [0.15, 0.2) is 45.2 Å². The lowest BCUT2D eigenvalue weighted by molar-refractivity contribution is 0.0466. The summed E-state index contributed by atoms with van der Waals surface area (Å²) in [4.78, 5) is 30.9. The molecule has 0 unspecified atom stereocenters. The first-order chi connectivity index (χ1) is 14.3. The average Bonchev–Trinajstić information content (AvgIpc) is 2.77. The summed E-state index contributed by atoms with van der Waals surface area (Å²) in [6.07, 6.45) is 6.63. The second-order valence-electron chi connectivity index (χ2n) is 7.16. The summed E-state index contributed by atoms with van der Waals surface area (Å²) < 4.78 is 32.7. The van der Waals surface area contributed by atoms with Crippen LogP contribution in [0.3, 0.4) is 0 Å². The number of carbonyl (C=O) groups excluding carboxylic acids is 1. The molecule has 30 heavy (non-hydrogen) atoms. The highest BCUT2D eigenvalue weighted by Crippen LogP contribution is 2.26. The van der Waals surface area contributed by atoms with E-state index in [0.29, 0.717) is 10.9 Å². The molecule has 1 aromatic carbocycles. The van der Waals surface area contributed by atoms with Crippen molar-refractivity contribution in [3.63, 3.8) is 0 Å². The molecule has 1 heterocycles. The summed E-state index contributed by atoms with van der Waals surface area (Å²) in [7, 11) is -2.12. The first-order valence-electron chi connectivity index (χ1n) is 9.70. The van der Waals surface area contributed by atoms with E-state index in [-0.39, 0.29) is 28.7 Å². The molecule has 1 aromatic heterocycles. The number of thioether (sulfide) groups is 1. The third-order valence-corrected chi connectivity index (χ3v) is 7.64. The Labute approximate surface area is 180 Å². The first kappa shape index (κ1) is 22.5. The maximum Gasteiger partial charge on any atom is 0.338 e. The van der Waals surface area contributed by atoms with E-state index in [0.717, 1.165) is 32.1 Å². The van der Waals surface area contributed by atoms with Gasteiger partial charge in [-0.15, -0.1) is 0 Å². The molecule has 0 radical (unpaired) electrons. The van der Waals surface area contributed by atoms with Gasteiger partial charge >= 0.3 is 5.97 Å². The highest BCUT2D eigenvalue weighted by molar-refractivity contribution is 7.98. The monoisotopic (exact) mass is 451 g/mol. The predicted molar refractivity (Wildman–Crippen MR) is 114 cm³/mol. The lowest BCUT2D eigenvalue weighted by Gasteiger charge is -2.30. The topological polar surface area (TPSA) is 109 Å². The maximum absolute atomic E-state index is 13.0. The van der Waals surface area contributed by atoms with Crippen molar-refractivity contribution >= 4 is 27.8 Å². The van der Waals surface area contributed by atoms with E-state index in [9.17, 15) is 18.0 Å². The summed E-state index contributed by atoms with van der Waals surface area (Å²) in [5.41, 5.74) is 0.111. The molecule has 1 N–H and O–H groups in total. The molecule has 1 saturated carbocycles. The number of nitrogens with zero attached hydrogens (tertiary/aromatic N) is 2. The molecule has 0 amide bonds. The van der Waals surface area contributed by atoms with E-state index in [1.54, 1.807) is 13.3 Å². The molecule has 162 valence electrons. The number of H-pyrrole nitrogens is 1. The highest BCUT2D eigenvalue weighted by Gasteiger charge is 2.29. The van der Waals surface area contributed by atoms with Crippen LogP contribution in [0.4, 0.5) is 0 Å². The largest absolute Gasteiger partial charge is 0.456 e. The number of aromatic amines is 1. The number of benzene rings is 1. The van der Waals surface area contributed by atoms with Crippen LogP contribution in [-0.2, 0) is 21.4 Å². The zero-order valence-electron chi connectivity index (χ0n) is 17.0. The number of hydrogen-bond donors (Lipinski definition) is 1. The van der Waals surface area contributed by atoms with Crippen molar-refractivity contribution in [3.8, 4) is 0 Å². The Hall–Kier alpha value is -2.17. The van der Waals surface area contributed by atoms with Crippen molar-refractivity contribution in [1.82, 2.24) is 14.3 Å². The van der Waals surface area contributed by atoms with Gasteiger partial charge in [-0.3, -0.25) is 4.79 Å². The Bertz CT molecular complexity index is 1060. The number of carbonyl (C=O) groups is 1. The van der Waals surface area contributed by atoms with Crippen molar-refractivity contribution < 1.29 is 17.9 Å². The Morgan fingerprint density at radius 2 is 2.00 bits per heavy atom. The summed E-state index contributed by atoms with van der Waals surface area (Å²) in [6, 6.07) is 7.07. The number of esters is 1. The Morgan fingerprint density at radius 1 is 1.27 bits per heavy atom. The standard InChI is InChI=1S/C20H25N3O5S2/c1-23(16-8-4-3-5-9-16)30(26,27)17-10-6-7-14(11-17)19(25)28-13-15-12-18(24)22-20(21-15)29-2/h6-7,10-12,16H,3-5,8-9,13H2,1-2H3,(H,21,22,24). The molecule has 0 atom stereocenters. The fourth-order valence-electron chi connectivity index (χ4n) is 3.47. The van der Waals surface area contributed by atoms with Gasteiger partial charge in [0.2, 0.25) is 10.0 Å². The fourth-order valence-corrected chi connectivity index (χ4v) is 5.34. The minimum atomic E-state index is -3.71. The summed E-state index contributed by atoms with van der Waals surface area (Å²) in [5.74, 6) is -0.680. The number of rotatable bonds is 7. The molecule has 8 nitrogen and oxygen atoms in total. The SMILES string of the molecule is CSc1nc(COC(=O)c2cccc(S(=O)(=O)N(C)C3CCCCC3)c2)cc(=O)[nH]1.